The van der Waals surface area contributed by atoms with Crippen LogP contribution in [0, 0.1) is 18.3 Å². The summed E-state index contributed by atoms with van der Waals surface area (Å²) in [5, 5.41) is 17.4. The van der Waals surface area contributed by atoms with Gasteiger partial charge in [-0.2, -0.15) is 5.26 Å². The van der Waals surface area contributed by atoms with E-state index in [9.17, 15) is 4.79 Å². The van der Waals surface area contributed by atoms with Crippen LogP contribution in [0.2, 0.25) is 0 Å². The minimum atomic E-state index is -0.865. The molecule has 0 radical (unpaired) electrons. The molecule has 0 fully saturated rings. The number of nitrogens with zero attached hydrogens (tertiary/aromatic N) is 2. The molecule has 4 nitrogen and oxygen atoms in total. The average molecular weight is 297 g/mol. The van der Waals surface area contributed by atoms with E-state index in [1.165, 1.54) is 0 Å². The van der Waals surface area contributed by atoms with Crippen molar-refractivity contribution in [2.24, 2.45) is 0 Å². The molecule has 90 valence electrons. The van der Waals surface area contributed by atoms with E-state index >= 15 is 0 Å². The van der Waals surface area contributed by atoms with E-state index in [4.69, 9.17) is 10.4 Å². The lowest BCUT2D eigenvalue weighted by atomic mass is 10.2. The number of aliphatic carboxylic acids is 1. The van der Waals surface area contributed by atoms with Gasteiger partial charge in [0.25, 0.3) is 0 Å². The molecule has 0 heterocycles. The Morgan fingerprint density at radius 1 is 1.59 bits per heavy atom. The molecule has 5 heteroatoms. The minimum Gasteiger partial charge on any atom is -0.481 e. The highest BCUT2D eigenvalue weighted by molar-refractivity contribution is 9.10. The van der Waals surface area contributed by atoms with Gasteiger partial charge in [0, 0.05) is 11.0 Å². The van der Waals surface area contributed by atoms with Crippen molar-refractivity contribution >= 4 is 27.6 Å². The topological polar surface area (TPSA) is 64.3 Å². The number of anilines is 1. The molecule has 1 rings (SSSR count). The van der Waals surface area contributed by atoms with Gasteiger partial charge in [0.15, 0.2) is 0 Å². The SMILES string of the molecule is Cc1ccc(N(CC#N)CCC(=O)O)c(Br)c1. The fourth-order valence-electron chi connectivity index (χ4n) is 1.47. The van der Waals surface area contributed by atoms with E-state index in [1.54, 1.807) is 4.90 Å². The number of carbonyl (C=O) groups is 1. The number of benzene rings is 1. The predicted octanol–water partition coefficient (Wildman–Crippen LogP) is 2.56. The quantitative estimate of drug-likeness (QED) is 0.848. The molecule has 0 aliphatic heterocycles. The van der Waals surface area contributed by atoms with Crippen LogP contribution in [0.5, 0.6) is 0 Å². The smallest absolute Gasteiger partial charge is 0.305 e. The third-order valence-corrected chi connectivity index (χ3v) is 2.94. The summed E-state index contributed by atoms with van der Waals surface area (Å²) < 4.78 is 0.873. The summed E-state index contributed by atoms with van der Waals surface area (Å²) in [7, 11) is 0. The summed E-state index contributed by atoms with van der Waals surface area (Å²) in [4.78, 5) is 12.3. The van der Waals surface area contributed by atoms with Crippen LogP contribution in [0.25, 0.3) is 0 Å². The molecule has 1 N–H and O–H groups in total. The summed E-state index contributed by atoms with van der Waals surface area (Å²) in [6.45, 7) is 2.47. The Labute approximate surface area is 109 Å². The zero-order valence-electron chi connectivity index (χ0n) is 9.48. The number of halogens is 1. The molecule has 0 aliphatic carbocycles. The summed E-state index contributed by atoms with van der Waals surface area (Å²) in [5.41, 5.74) is 1.95. The first kappa shape index (κ1) is 13.5. The standard InChI is InChI=1S/C12H13BrN2O2/c1-9-2-3-11(10(13)8-9)15(7-5-14)6-4-12(16)17/h2-3,8H,4,6-7H2,1H3,(H,16,17). The predicted molar refractivity (Wildman–Crippen MR) is 69.0 cm³/mol. The molecule has 0 amide bonds. The van der Waals surface area contributed by atoms with E-state index in [2.05, 4.69) is 15.9 Å². The van der Waals surface area contributed by atoms with Crippen molar-refractivity contribution in [3.05, 3.63) is 28.2 Å². The van der Waals surface area contributed by atoms with E-state index < -0.39 is 5.97 Å². The number of nitriles is 1. The molecule has 0 aliphatic rings. The fraction of sp³-hybridized carbons (Fsp3) is 0.333. The summed E-state index contributed by atoms with van der Waals surface area (Å²) in [5.74, 6) is -0.865. The lowest BCUT2D eigenvalue weighted by Gasteiger charge is -2.22. The first-order valence-electron chi connectivity index (χ1n) is 5.14. The van der Waals surface area contributed by atoms with Crippen molar-refractivity contribution in [3.8, 4) is 6.07 Å². The lowest BCUT2D eigenvalue weighted by Crippen LogP contribution is -2.26. The molecular formula is C12H13BrN2O2. The van der Waals surface area contributed by atoms with Crippen LogP contribution in [-0.4, -0.2) is 24.2 Å². The second-order valence-electron chi connectivity index (χ2n) is 3.68. The molecule has 0 spiro atoms. The van der Waals surface area contributed by atoms with E-state index in [-0.39, 0.29) is 13.0 Å². The molecule has 0 aromatic heterocycles. The molecule has 0 unspecified atom stereocenters. The highest BCUT2D eigenvalue weighted by Gasteiger charge is 2.11. The van der Waals surface area contributed by atoms with Gasteiger partial charge in [-0.15, -0.1) is 0 Å². The Morgan fingerprint density at radius 3 is 2.82 bits per heavy atom. The van der Waals surface area contributed by atoms with Crippen LogP contribution in [0.3, 0.4) is 0 Å². The number of rotatable bonds is 5. The molecule has 0 atom stereocenters. The summed E-state index contributed by atoms with van der Waals surface area (Å²) in [6.07, 6.45) is 0.0159. The van der Waals surface area contributed by atoms with Gasteiger partial charge in [0.1, 0.15) is 6.54 Å². The maximum atomic E-state index is 10.6. The normalized spacial score (nSPS) is 9.71. The third-order valence-electron chi connectivity index (χ3n) is 2.30. The Balaban J connectivity index is 2.89. The summed E-state index contributed by atoms with van der Waals surface area (Å²) in [6, 6.07) is 7.81. The molecule has 0 saturated carbocycles. The largest absolute Gasteiger partial charge is 0.481 e. The maximum Gasteiger partial charge on any atom is 0.305 e. The fourth-order valence-corrected chi connectivity index (χ4v) is 2.21. The molecule has 0 saturated heterocycles. The van der Waals surface area contributed by atoms with Gasteiger partial charge in [-0.25, -0.2) is 0 Å². The second-order valence-corrected chi connectivity index (χ2v) is 4.53. The van der Waals surface area contributed by atoms with Crippen molar-refractivity contribution in [1.82, 2.24) is 0 Å². The number of carboxylic acids is 1. The molecule has 0 bridgehead atoms. The molecule has 1 aromatic rings. The number of aryl methyl sites for hydroxylation is 1. The molecular weight excluding hydrogens is 284 g/mol. The molecule has 1 aromatic carbocycles. The van der Waals surface area contributed by atoms with Crippen LogP contribution in [0.4, 0.5) is 5.69 Å². The van der Waals surface area contributed by atoms with Gasteiger partial charge in [0.2, 0.25) is 0 Å². The van der Waals surface area contributed by atoms with Crippen LogP contribution in [-0.2, 0) is 4.79 Å². The van der Waals surface area contributed by atoms with Crippen molar-refractivity contribution in [3.63, 3.8) is 0 Å². The number of hydrogen-bond donors (Lipinski definition) is 1. The van der Waals surface area contributed by atoms with E-state index in [1.807, 2.05) is 31.2 Å². The van der Waals surface area contributed by atoms with Gasteiger partial charge in [-0.05, 0) is 40.5 Å². The van der Waals surface area contributed by atoms with E-state index in [0.29, 0.717) is 6.54 Å². The number of carboxylic acid groups (broad SMARTS) is 1. The van der Waals surface area contributed by atoms with Gasteiger partial charge >= 0.3 is 5.97 Å². The lowest BCUT2D eigenvalue weighted by molar-refractivity contribution is -0.136. The van der Waals surface area contributed by atoms with Crippen LogP contribution in [0.1, 0.15) is 12.0 Å². The van der Waals surface area contributed by atoms with Crippen LogP contribution < -0.4 is 4.90 Å². The van der Waals surface area contributed by atoms with Gasteiger partial charge in [0.05, 0.1) is 18.2 Å². The average Bonchev–Trinajstić information content (AvgIpc) is 2.24. The van der Waals surface area contributed by atoms with Gasteiger partial charge in [-0.1, -0.05) is 6.07 Å². The van der Waals surface area contributed by atoms with Crippen molar-refractivity contribution in [2.45, 2.75) is 13.3 Å². The third kappa shape index (κ3) is 4.08. The molecule has 17 heavy (non-hydrogen) atoms. The zero-order valence-corrected chi connectivity index (χ0v) is 11.1. The summed E-state index contributed by atoms with van der Waals surface area (Å²) >= 11 is 3.43. The maximum absolute atomic E-state index is 10.6. The second kappa shape index (κ2) is 6.26. The Bertz CT molecular complexity index is 454. The highest BCUT2D eigenvalue weighted by atomic mass is 79.9. The first-order valence-corrected chi connectivity index (χ1v) is 5.93. The minimum absolute atomic E-state index is 0.0159. The van der Waals surface area contributed by atoms with Gasteiger partial charge < -0.3 is 10.0 Å². The van der Waals surface area contributed by atoms with Crippen LogP contribution >= 0.6 is 15.9 Å². The van der Waals surface area contributed by atoms with E-state index in [0.717, 1.165) is 15.7 Å². The van der Waals surface area contributed by atoms with Crippen molar-refractivity contribution < 1.29 is 9.90 Å². The Kier molecular flexibility index (Phi) is 4.98. The first-order chi connectivity index (χ1) is 8.04. The Hall–Kier alpha value is -1.54. The highest BCUT2D eigenvalue weighted by Crippen LogP contribution is 2.27. The monoisotopic (exact) mass is 296 g/mol. The number of hydrogen-bond acceptors (Lipinski definition) is 3. The van der Waals surface area contributed by atoms with Crippen LogP contribution in [0.15, 0.2) is 22.7 Å². The Morgan fingerprint density at radius 2 is 2.29 bits per heavy atom. The zero-order chi connectivity index (χ0) is 12.8. The van der Waals surface area contributed by atoms with Crippen molar-refractivity contribution in [1.29, 1.82) is 5.26 Å². The van der Waals surface area contributed by atoms with Crippen molar-refractivity contribution in [2.75, 3.05) is 18.0 Å². The van der Waals surface area contributed by atoms with Gasteiger partial charge in [-0.3, -0.25) is 4.79 Å².